The van der Waals surface area contributed by atoms with Gasteiger partial charge in [-0.25, -0.2) is 0 Å². The molecule has 3 heteroatoms. The molecule has 0 aliphatic heterocycles. The quantitative estimate of drug-likeness (QED) is 0.907. The van der Waals surface area contributed by atoms with Gasteiger partial charge in [0.05, 0.1) is 17.8 Å². The summed E-state index contributed by atoms with van der Waals surface area (Å²) in [4.78, 5) is 4.46. The van der Waals surface area contributed by atoms with Gasteiger partial charge in [-0.05, 0) is 43.4 Å². The topological polar surface area (TPSA) is 38.0 Å². The second-order valence-electron chi connectivity index (χ2n) is 6.62. The minimum absolute atomic E-state index is 0.145. The average molecular weight is 270 g/mol. The van der Waals surface area contributed by atoms with Crippen LogP contribution in [0.5, 0.6) is 0 Å². The van der Waals surface area contributed by atoms with E-state index in [1.807, 2.05) is 18.3 Å². The van der Waals surface area contributed by atoms with Crippen molar-refractivity contribution >= 4 is 0 Å². The Balaban J connectivity index is 2.01. The molecule has 0 aromatic carbocycles. The molecule has 2 aromatic heterocycles. The number of nitrogens with zero attached hydrogens (tertiary/aromatic N) is 2. The fourth-order valence-corrected chi connectivity index (χ4v) is 3.28. The van der Waals surface area contributed by atoms with E-state index in [1.165, 1.54) is 5.69 Å². The highest BCUT2D eigenvalue weighted by Gasteiger charge is 2.34. The van der Waals surface area contributed by atoms with Gasteiger partial charge in [-0.3, -0.25) is 4.98 Å². The summed E-state index contributed by atoms with van der Waals surface area (Å²) in [6.45, 7) is 6.61. The van der Waals surface area contributed by atoms with Crippen LogP contribution in [0.25, 0.3) is 0 Å². The van der Waals surface area contributed by atoms with E-state index in [0.29, 0.717) is 0 Å². The summed E-state index contributed by atoms with van der Waals surface area (Å²) in [5, 5.41) is 10.3. The van der Waals surface area contributed by atoms with E-state index >= 15 is 0 Å². The van der Waals surface area contributed by atoms with Crippen molar-refractivity contribution in [2.24, 2.45) is 5.41 Å². The van der Waals surface area contributed by atoms with Crippen molar-refractivity contribution in [3.63, 3.8) is 0 Å². The zero-order chi connectivity index (χ0) is 14.3. The van der Waals surface area contributed by atoms with Crippen LogP contribution < -0.4 is 0 Å². The molecular weight excluding hydrogens is 248 g/mol. The van der Waals surface area contributed by atoms with E-state index in [2.05, 4.69) is 48.7 Å². The fraction of sp³-hybridized carbons (Fsp3) is 0.471. The van der Waals surface area contributed by atoms with Gasteiger partial charge in [0.1, 0.15) is 0 Å². The third kappa shape index (κ3) is 2.27. The molecule has 106 valence electrons. The van der Waals surface area contributed by atoms with Gasteiger partial charge in [0.25, 0.3) is 0 Å². The Morgan fingerprint density at radius 1 is 1.35 bits per heavy atom. The van der Waals surface area contributed by atoms with E-state index in [1.54, 1.807) is 0 Å². The first-order valence-corrected chi connectivity index (χ1v) is 7.26. The molecule has 0 fully saturated rings. The normalized spacial score (nSPS) is 22.3. The highest BCUT2D eigenvalue weighted by molar-refractivity contribution is 5.31. The predicted octanol–water partition coefficient (Wildman–Crippen LogP) is 3.50. The maximum atomic E-state index is 10.3. The molecule has 2 heterocycles. The Morgan fingerprint density at radius 3 is 2.85 bits per heavy atom. The monoisotopic (exact) mass is 270 g/mol. The SMILES string of the molecule is CC(c1ccccn1)n1ccc2c1CC(C)(C)CC2O. The van der Waals surface area contributed by atoms with Crippen LogP contribution in [0.15, 0.2) is 36.7 Å². The first-order valence-electron chi connectivity index (χ1n) is 7.26. The molecule has 0 spiro atoms. The molecule has 0 radical (unpaired) electrons. The number of hydrogen-bond acceptors (Lipinski definition) is 2. The molecule has 1 aliphatic carbocycles. The molecule has 3 nitrogen and oxygen atoms in total. The number of rotatable bonds is 2. The van der Waals surface area contributed by atoms with Crippen molar-refractivity contribution in [1.29, 1.82) is 0 Å². The third-order valence-electron chi connectivity index (χ3n) is 4.34. The summed E-state index contributed by atoms with van der Waals surface area (Å²) in [5.74, 6) is 0. The van der Waals surface area contributed by atoms with Crippen LogP contribution in [0.1, 0.15) is 56.3 Å². The van der Waals surface area contributed by atoms with Crippen LogP contribution in [0.2, 0.25) is 0 Å². The van der Waals surface area contributed by atoms with Crippen LogP contribution in [0, 0.1) is 5.41 Å². The maximum absolute atomic E-state index is 10.3. The molecule has 0 bridgehead atoms. The standard InChI is InChI=1S/C17H22N2O/c1-12(14-6-4-5-8-18-14)19-9-7-13-15(19)10-17(2,3)11-16(13)20/h4-9,12,16,20H,10-11H2,1-3H3. The molecular formula is C17H22N2O. The van der Waals surface area contributed by atoms with Crippen LogP contribution in [-0.2, 0) is 6.42 Å². The van der Waals surface area contributed by atoms with Crippen molar-refractivity contribution in [2.45, 2.75) is 45.8 Å². The zero-order valence-corrected chi connectivity index (χ0v) is 12.4. The van der Waals surface area contributed by atoms with Crippen molar-refractivity contribution < 1.29 is 5.11 Å². The van der Waals surface area contributed by atoms with Gasteiger partial charge in [0.15, 0.2) is 0 Å². The lowest BCUT2D eigenvalue weighted by Crippen LogP contribution is -2.27. The molecule has 1 N–H and O–H groups in total. The van der Waals surface area contributed by atoms with Gasteiger partial charge >= 0.3 is 0 Å². The zero-order valence-electron chi connectivity index (χ0n) is 12.4. The van der Waals surface area contributed by atoms with Crippen molar-refractivity contribution in [2.75, 3.05) is 0 Å². The van der Waals surface area contributed by atoms with Crippen LogP contribution in [0.3, 0.4) is 0 Å². The number of aliphatic hydroxyl groups excluding tert-OH is 1. The average Bonchev–Trinajstić information content (AvgIpc) is 2.81. The Labute approximate surface area is 120 Å². The largest absolute Gasteiger partial charge is 0.388 e. The number of pyridine rings is 1. The Bertz CT molecular complexity index is 601. The van der Waals surface area contributed by atoms with Crippen molar-refractivity contribution in [3.8, 4) is 0 Å². The second-order valence-corrected chi connectivity index (χ2v) is 6.62. The maximum Gasteiger partial charge on any atom is 0.0812 e. The molecule has 0 saturated carbocycles. The first kappa shape index (κ1) is 13.4. The third-order valence-corrected chi connectivity index (χ3v) is 4.34. The van der Waals surface area contributed by atoms with Gasteiger partial charge in [0.2, 0.25) is 0 Å². The Morgan fingerprint density at radius 2 is 2.15 bits per heavy atom. The van der Waals surface area contributed by atoms with E-state index in [-0.39, 0.29) is 17.6 Å². The summed E-state index contributed by atoms with van der Waals surface area (Å²) in [6, 6.07) is 8.28. The highest BCUT2D eigenvalue weighted by atomic mass is 16.3. The summed E-state index contributed by atoms with van der Waals surface area (Å²) in [6.07, 6.45) is 5.42. The predicted molar refractivity (Wildman–Crippen MR) is 79.5 cm³/mol. The molecule has 1 aliphatic rings. The Kier molecular flexibility index (Phi) is 3.17. The number of aliphatic hydroxyl groups is 1. The van der Waals surface area contributed by atoms with Gasteiger partial charge < -0.3 is 9.67 Å². The molecule has 0 saturated heterocycles. The number of fused-ring (bicyclic) bond motifs is 1. The minimum atomic E-state index is -0.342. The van der Waals surface area contributed by atoms with Crippen LogP contribution in [0.4, 0.5) is 0 Å². The lowest BCUT2D eigenvalue weighted by molar-refractivity contribution is 0.0977. The molecule has 2 aromatic rings. The summed E-state index contributed by atoms with van der Waals surface area (Å²) in [7, 11) is 0. The molecule has 2 atom stereocenters. The van der Waals surface area contributed by atoms with E-state index in [0.717, 1.165) is 24.1 Å². The van der Waals surface area contributed by atoms with E-state index in [9.17, 15) is 5.11 Å². The Hall–Kier alpha value is -1.61. The molecule has 2 unspecified atom stereocenters. The van der Waals surface area contributed by atoms with Crippen molar-refractivity contribution in [3.05, 3.63) is 53.6 Å². The summed E-state index contributed by atoms with van der Waals surface area (Å²) in [5.41, 5.74) is 3.55. The smallest absolute Gasteiger partial charge is 0.0812 e. The minimum Gasteiger partial charge on any atom is -0.388 e. The van der Waals surface area contributed by atoms with Gasteiger partial charge in [0, 0.05) is 23.7 Å². The summed E-state index contributed by atoms with van der Waals surface area (Å²) < 4.78 is 2.27. The highest BCUT2D eigenvalue weighted by Crippen LogP contribution is 2.42. The van der Waals surface area contributed by atoms with E-state index in [4.69, 9.17) is 0 Å². The van der Waals surface area contributed by atoms with Gasteiger partial charge in [-0.15, -0.1) is 0 Å². The second kappa shape index (κ2) is 4.74. The molecule has 3 rings (SSSR count). The number of aromatic nitrogens is 2. The molecule has 0 amide bonds. The van der Waals surface area contributed by atoms with Crippen LogP contribution >= 0.6 is 0 Å². The van der Waals surface area contributed by atoms with Gasteiger partial charge in [-0.1, -0.05) is 19.9 Å². The van der Waals surface area contributed by atoms with E-state index < -0.39 is 0 Å². The lowest BCUT2D eigenvalue weighted by Gasteiger charge is -2.34. The first-order chi connectivity index (χ1) is 9.48. The number of hydrogen-bond donors (Lipinski definition) is 1. The van der Waals surface area contributed by atoms with Crippen LogP contribution in [-0.4, -0.2) is 14.7 Å². The fourth-order valence-electron chi connectivity index (χ4n) is 3.28. The summed E-state index contributed by atoms with van der Waals surface area (Å²) >= 11 is 0. The van der Waals surface area contributed by atoms with Crippen molar-refractivity contribution in [1.82, 2.24) is 9.55 Å². The molecule has 20 heavy (non-hydrogen) atoms. The van der Waals surface area contributed by atoms with Gasteiger partial charge in [-0.2, -0.15) is 0 Å². The lowest BCUT2D eigenvalue weighted by atomic mass is 9.75.